The summed E-state index contributed by atoms with van der Waals surface area (Å²) < 4.78 is 5.52. The molecule has 2 saturated carbocycles. The van der Waals surface area contributed by atoms with Crippen molar-refractivity contribution in [3.8, 4) is 17.6 Å². The van der Waals surface area contributed by atoms with Crippen LogP contribution < -0.4 is 4.74 Å². The van der Waals surface area contributed by atoms with Crippen LogP contribution in [0.1, 0.15) is 74.5 Å². The molecule has 0 bridgehead atoms. The largest absolute Gasteiger partial charge is 0.490 e. The van der Waals surface area contributed by atoms with E-state index < -0.39 is 0 Å². The SMILES string of the molecule is C=CCOc1ccc(C#Cc2ccc(C3CCC4CC(CC)CCC4C3)cc2)cc1. The number of rotatable bonds is 5. The molecule has 4 rings (SSSR count). The Morgan fingerprint density at radius 1 is 0.867 bits per heavy atom. The first kappa shape index (κ1) is 20.8. The van der Waals surface area contributed by atoms with Crippen molar-refractivity contribution in [3.63, 3.8) is 0 Å². The van der Waals surface area contributed by atoms with Crippen LogP contribution in [0.2, 0.25) is 0 Å². The zero-order chi connectivity index (χ0) is 20.8. The lowest BCUT2D eigenvalue weighted by Crippen LogP contribution is -2.30. The van der Waals surface area contributed by atoms with Crippen LogP contribution >= 0.6 is 0 Å². The lowest BCUT2D eigenvalue weighted by Gasteiger charge is -2.42. The molecule has 156 valence electrons. The highest BCUT2D eigenvalue weighted by atomic mass is 16.5. The minimum absolute atomic E-state index is 0.527. The van der Waals surface area contributed by atoms with Crippen molar-refractivity contribution < 1.29 is 4.74 Å². The van der Waals surface area contributed by atoms with E-state index in [1.165, 1.54) is 50.5 Å². The molecule has 0 amide bonds. The van der Waals surface area contributed by atoms with E-state index in [0.29, 0.717) is 6.61 Å². The zero-order valence-electron chi connectivity index (χ0n) is 18.3. The molecule has 2 fully saturated rings. The number of benzene rings is 2. The number of hydrogen-bond acceptors (Lipinski definition) is 1. The molecule has 0 radical (unpaired) electrons. The fourth-order valence-electron chi connectivity index (χ4n) is 5.43. The van der Waals surface area contributed by atoms with Crippen LogP contribution in [0, 0.1) is 29.6 Å². The van der Waals surface area contributed by atoms with Gasteiger partial charge in [0.1, 0.15) is 12.4 Å². The highest BCUT2D eigenvalue weighted by Gasteiger charge is 2.35. The molecule has 4 unspecified atom stereocenters. The molecule has 0 aromatic heterocycles. The second kappa shape index (κ2) is 10.0. The molecule has 0 N–H and O–H groups in total. The first-order valence-electron chi connectivity index (χ1n) is 11.7. The average Bonchev–Trinajstić information content (AvgIpc) is 2.81. The average molecular weight is 399 g/mol. The molecule has 2 aliphatic rings. The van der Waals surface area contributed by atoms with Crippen molar-refractivity contribution in [2.75, 3.05) is 6.61 Å². The van der Waals surface area contributed by atoms with Crippen LogP contribution in [0.4, 0.5) is 0 Å². The number of fused-ring (bicyclic) bond motifs is 1. The maximum atomic E-state index is 5.52. The molecule has 2 aromatic carbocycles. The normalized spacial score (nSPS) is 25.5. The lowest BCUT2D eigenvalue weighted by atomic mass is 9.63. The predicted molar refractivity (Wildman–Crippen MR) is 126 cm³/mol. The third kappa shape index (κ3) is 5.17. The van der Waals surface area contributed by atoms with Gasteiger partial charge in [-0.2, -0.15) is 0 Å². The molecule has 4 atom stereocenters. The quantitative estimate of drug-likeness (QED) is 0.377. The Morgan fingerprint density at radius 3 is 2.17 bits per heavy atom. The van der Waals surface area contributed by atoms with Gasteiger partial charge in [0.05, 0.1) is 0 Å². The van der Waals surface area contributed by atoms with Gasteiger partial charge in [0.25, 0.3) is 0 Å². The van der Waals surface area contributed by atoms with Gasteiger partial charge in [-0.25, -0.2) is 0 Å². The van der Waals surface area contributed by atoms with Gasteiger partial charge in [0.2, 0.25) is 0 Å². The molecule has 1 nitrogen and oxygen atoms in total. The predicted octanol–water partition coefficient (Wildman–Crippen LogP) is 7.36. The monoisotopic (exact) mass is 398 g/mol. The summed E-state index contributed by atoms with van der Waals surface area (Å²) in [6, 6.07) is 17.0. The van der Waals surface area contributed by atoms with E-state index in [2.05, 4.69) is 49.6 Å². The number of ether oxygens (including phenoxy) is 1. The molecule has 0 saturated heterocycles. The van der Waals surface area contributed by atoms with E-state index in [4.69, 9.17) is 4.74 Å². The summed E-state index contributed by atoms with van der Waals surface area (Å²) in [4.78, 5) is 0. The summed E-state index contributed by atoms with van der Waals surface area (Å²) in [6.45, 7) is 6.57. The lowest BCUT2D eigenvalue weighted by molar-refractivity contribution is 0.116. The maximum Gasteiger partial charge on any atom is 0.119 e. The summed E-state index contributed by atoms with van der Waals surface area (Å²) in [6.07, 6.45) is 11.7. The van der Waals surface area contributed by atoms with Crippen molar-refractivity contribution in [1.82, 2.24) is 0 Å². The van der Waals surface area contributed by atoms with Gasteiger partial charge in [0, 0.05) is 11.1 Å². The summed E-state index contributed by atoms with van der Waals surface area (Å²) in [5.41, 5.74) is 3.61. The molecule has 30 heavy (non-hydrogen) atoms. The van der Waals surface area contributed by atoms with E-state index in [1.54, 1.807) is 6.08 Å². The first-order chi connectivity index (χ1) is 14.7. The summed E-state index contributed by atoms with van der Waals surface area (Å²) in [5.74, 6) is 11.1. The summed E-state index contributed by atoms with van der Waals surface area (Å²) >= 11 is 0. The van der Waals surface area contributed by atoms with E-state index in [9.17, 15) is 0 Å². The number of hydrogen-bond donors (Lipinski definition) is 0. The second-order valence-electron chi connectivity index (χ2n) is 9.11. The summed E-state index contributed by atoms with van der Waals surface area (Å²) in [7, 11) is 0. The Morgan fingerprint density at radius 2 is 1.50 bits per heavy atom. The van der Waals surface area contributed by atoms with Crippen molar-refractivity contribution >= 4 is 0 Å². The highest BCUT2D eigenvalue weighted by molar-refractivity contribution is 5.45. The molecule has 1 heteroatoms. The second-order valence-corrected chi connectivity index (χ2v) is 9.11. The Hall–Kier alpha value is -2.46. The van der Waals surface area contributed by atoms with Crippen LogP contribution in [0.3, 0.4) is 0 Å². The van der Waals surface area contributed by atoms with Crippen LogP contribution in [0.25, 0.3) is 0 Å². The van der Waals surface area contributed by atoms with Crippen molar-refractivity contribution in [1.29, 1.82) is 0 Å². The molecule has 0 heterocycles. The Kier molecular flexibility index (Phi) is 6.96. The minimum Gasteiger partial charge on any atom is -0.490 e. The van der Waals surface area contributed by atoms with Gasteiger partial charge in [-0.1, -0.05) is 56.4 Å². The van der Waals surface area contributed by atoms with Crippen LogP contribution in [0.5, 0.6) is 5.75 Å². The van der Waals surface area contributed by atoms with Crippen molar-refractivity contribution in [2.24, 2.45) is 17.8 Å². The first-order valence-corrected chi connectivity index (χ1v) is 11.7. The standard InChI is InChI=1S/C29H34O/c1-3-19-30-29-17-10-24(11-18-29)6-5-23-8-12-25(13-9-23)27-16-15-26-20-22(4-2)7-14-28(26)21-27/h3,8-13,17-18,22,26-28H,1,4,7,14-16,19-21H2,2H3. The molecule has 2 aliphatic carbocycles. The van der Waals surface area contributed by atoms with Crippen molar-refractivity contribution in [3.05, 3.63) is 77.9 Å². The van der Waals surface area contributed by atoms with Gasteiger partial charge in [0.15, 0.2) is 0 Å². The molecule has 0 spiro atoms. The molecule has 0 aliphatic heterocycles. The minimum atomic E-state index is 0.527. The molecular weight excluding hydrogens is 364 g/mol. The zero-order valence-corrected chi connectivity index (χ0v) is 18.3. The fourth-order valence-corrected chi connectivity index (χ4v) is 5.43. The highest BCUT2D eigenvalue weighted by Crippen LogP contribution is 2.48. The third-order valence-electron chi connectivity index (χ3n) is 7.25. The van der Waals surface area contributed by atoms with Gasteiger partial charge in [-0.05, 0) is 97.7 Å². The third-order valence-corrected chi connectivity index (χ3v) is 7.25. The van der Waals surface area contributed by atoms with E-state index in [-0.39, 0.29) is 0 Å². The van der Waals surface area contributed by atoms with Crippen LogP contribution in [-0.2, 0) is 0 Å². The van der Waals surface area contributed by atoms with E-state index in [1.807, 2.05) is 24.3 Å². The smallest absolute Gasteiger partial charge is 0.119 e. The molecular formula is C29H34O. The van der Waals surface area contributed by atoms with Gasteiger partial charge in [-0.3, -0.25) is 0 Å². The Balaban J connectivity index is 1.35. The maximum absolute atomic E-state index is 5.52. The topological polar surface area (TPSA) is 9.23 Å². The van der Waals surface area contributed by atoms with E-state index in [0.717, 1.165) is 40.5 Å². The van der Waals surface area contributed by atoms with E-state index >= 15 is 0 Å². The Bertz CT molecular complexity index is 881. The van der Waals surface area contributed by atoms with Gasteiger partial charge < -0.3 is 4.74 Å². The van der Waals surface area contributed by atoms with Crippen LogP contribution in [0.15, 0.2) is 61.2 Å². The van der Waals surface area contributed by atoms with Gasteiger partial charge >= 0.3 is 0 Å². The Labute approximate surface area is 182 Å². The summed E-state index contributed by atoms with van der Waals surface area (Å²) in [5, 5.41) is 0. The fraction of sp³-hybridized carbons (Fsp3) is 0.448. The van der Waals surface area contributed by atoms with Gasteiger partial charge in [-0.15, -0.1) is 0 Å². The van der Waals surface area contributed by atoms with Crippen molar-refractivity contribution in [2.45, 2.75) is 57.8 Å². The molecule has 2 aromatic rings. The van der Waals surface area contributed by atoms with Crippen LogP contribution in [-0.4, -0.2) is 6.61 Å².